The Kier molecular flexibility index (Phi) is 4.37. The largest absolute Gasteiger partial charge is 0.378 e. The average Bonchev–Trinajstić information content (AvgIpc) is 3.13. The number of ether oxygens (including phenoxy) is 1. The van der Waals surface area contributed by atoms with E-state index < -0.39 is 0 Å². The molecule has 6 nitrogen and oxygen atoms in total. The molecule has 2 N–H and O–H groups in total. The third-order valence-corrected chi connectivity index (χ3v) is 4.83. The van der Waals surface area contributed by atoms with Crippen molar-refractivity contribution in [1.82, 2.24) is 25.2 Å². The lowest BCUT2D eigenvalue weighted by molar-refractivity contribution is -0.0387. The number of nitrogens with zero attached hydrogens (tertiary/aromatic N) is 3. The topological polar surface area (TPSA) is 66.1 Å². The Morgan fingerprint density at radius 2 is 2.13 bits per heavy atom. The highest BCUT2D eigenvalue weighted by Crippen LogP contribution is 2.28. The minimum absolute atomic E-state index is 0.220. The van der Waals surface area contributed by atoms with Crippen molar-refractivity contribution in [3.05, 3.63) is 36.5 Å². The molecule has 23 heavy (non-hydrogen) atoms. The number of pyridine rings is 1. The van der Waals surface area contributed by atoms with E-state index in [0.29, 0.717) is 12.6 Å². The summed E-state index contributed by atoms with van der Waals surface area (Å²) in [5.74, 6) is 1.00. The predicted molar refractivity (Wildman–Crippen MR) is 88.0 cm³/mol. The highest BCUT2D eigenvalue weighted by Gasteiger charge is 2.32. The van der Waals surface area contributed by atoms with Crippen molar-refractivity contribution in [2.24, 2.45) is 0 Å². The molecular weight excluding hydrogens is 290 g/mol. The molecule has 0 saturated carbocycles. The van der Waals surface area contributed by atoms with Gasteiger partial charge in [0.25, 0.3) is 0 Å². The number of aromatic amines is 1. The molecule has 2 saturated heterocycles. The molecule has 0 spiro atoms. The van der Waals surface area contributed by atoms with E-state index in [0.717, 1.165) is 43.3 Å². The van der Waals surface area contributed by atoms with Crippen molar-refractivity contribution in [2.75, 3.05) is 32.8 Å². The van der Waals surface area contributed by atoms with Gasteiger partial charge < -0.3 is 15.0 Å². The number of imidazole rings is 1. The molecular formula is C17H23N5O. The smallest absolute Gasteiger partial charge is 0.126 e. The van der Waals surface area contributed by atoms with Gasteiger partial charge in [0.15, 0.2) is 0 Å². The predicted octanol–water partition coefficient (Wildman–Crippen LogP) is 1.60. The zero-order chi connectivity index (χ0) is 15.5. The van der Waals surface area contributed by atoms with E-state index in [1.807, 2.05) is 24.5 Å². The van der Waals surface area contributed by atoms with E-state index >= 15 is 0 Å². The van der Waals surface area contributed by atoms with Crippen LogP contribution in [0.3, 0.4) is 0 Å². The molecule has 1 unspecified atom stereocenters. The third-order valence-electron chi connectivity index (χ3n) is 4.83. The molecule has 2 aromatic heterocycles. The lowest BCUT2D eigenvalue weighted by Crippen LogP contribution is -2.49. The van der Waals surface area contributed by atoms with Gasteiger partial charge in [0.05, 0.1) is 31.1 Å². The van der Waals surface area contributed by atoms with Crippen LogP contribution in [0.4, 0.5) is 0 Å². The molecule has 0 radical (unpaired) electrons. The molecule has 122 valence electrons. The van der Waals surface area contributed by atoms with Gasteiger partial charge in [-0.1, -0.05) is 0 Å². The molecule has 2 aliphatic rings. The van der Waals surface area contributed by atoms with Crippen LogP contribution in [-0.2, 0) is 4.74 Å². The number of aromatic nitrogens is 3. The van der Waals surface area contributed by atoms with E-state index in [-0.39, 0.29) is 6.04 Å². The maximum Gasteiger partial charge on any atom is 0.126 e. The Morgan fingerprint density at radius 3 is 2.96 bits per heavy atom. The Bertz CT molecular complexity index is 623. The molecule has 0 amide bonds. The van der Waals surface area contributed by atoms with Crippen LogP contribution in [0.15, 0.2) is 30.7 Å². The molecule has 2 aliphatic heterocycles. The number of rotatable bonds is 3. The first kappa shape index (κ1) is 14.8. The Morgan fingerprint density at radius 1 is 1.22 bits per heavy atom. The minimum Gasteiger partial charge on any atom is -0.378 e. The second-order valence-corrected chi connectivity index (χ2v) is 6.23. The van der Waals surface area contributed by atoms with Gasteiger partial charge in [-0.05, 0) is 38.1 Å². The number of piperidine rings is 1. The number of nitrogens with one attached hydrogen (secondary N) is 2. The summed E-state index contributed by atoms with van der Waals surface area (Å²) < 4.78 is 5.74. The molecule has 2 aromatic rings. The molecule has 4 heterocycles. The zero-order valence-corrected chi connectivity index (χ0v) is 13.2. The zero-order valence-electron chi connectivity index (χ0n) is 13.2. The van der Waals surface area contributed by atoms with Crippen molar-refractivity contribution in [3.8, 4) is 11.3 Å². The van der Waals surface area contributed by atoms with Crippen LogP contribution in [0.25, 0.3) is 11.3 Å². The molecule has 6 heteroatoms. The molecule has 2 fully saturated rings. The lowest BCUT2D eigenvalue weighted by Gasteiger charge is -2.41. The van der Waals surface area contributed by atoms with Crippen molar-refractivity contribution < 1.29 is 4.74 Å². The van der Waals surface area contributed by atoms with Gasteiger partial charge in [0.2, 0.25) is 0 Å². The van der Waals surface area contributed by atoms with Crippen LogP contribution in [0.5, 0.6) is 0 Å². The van der Waals surface area contributed by atoms with Crippen molar-refractivity contribution >= 4 is 0 Å². The summed E-state index contributed by atoms with van der Waals surface area (Å²) in [4.78, 5) is 14.9. The van der Waals surface area contributed by atoms with Gasteiger partial charge in [-0.15, -0.1) is 0 Å². The lowest BCUT2D eigenvalue weighted by atomic mass is 10.0. The van der Waals surface area contributed by atoms with Crippen molar-refractivity contribution in [1.29, 1.82) is 0 Å². The monoisotopic (exact) mass is 313 g/mol. The summed E-state index contributed by atoms with van der Waals surface area (Å²) in [7, 11) is 0. The number of hydrogen-bond donors (Lipinski definition) is 2. The molecule has 1 atom stereocenters. The second kappa shape index (κ2) is 6.78. The van der Waals surface area contributed by atoms with E-state index in [2.05, 4.69) is 25.2 Å². The van der Waals surface area contributed by atoms with E-state index in [9.17, 15) is 0 Å². The summed E-state index contributed by atoms with van der Waals surface area (Å²) in [5.41, 5.74) is 2.08. The van der Waals surface area contributed by atoms with Gasteiger partial charge in [0.1, 0.15) is 5.82 Å². The van der Waals surface area contributed by atoms with Crippen molar-refractivity contribution in [2.45, 2.75) is 24.9 Å². The summed E-state index contributed by atoms with van der Waals surface area (Å²) in [5, 5.41) is 3.45. The molecule has 0 aromatic carbocycles. The first-order valence-corrected chi connectivity index (χ1v) is 8.41. The van der Waals surface area contributed by atoms with Crippen molar-refractivity contribution in [3.63, 3.8) is 0 Å². The highest BCUT2D eigenvalue weighted by atomic mass is 16.5. The quantitative estimate of drug-likeness (QED) is 0.901. The summed E-state index contributed by atoms with van der Waals surface area (Å²) >= 11 is 0. The summed E-state index contributed by atoms with van der Waals surface area (Å²) in [6, 6.07) is 4.84. The average molecular weight is 313 g/mol. The van der Waals surface area contributed by atoms with Crippen LogP contribution < -0.4 is 5.32 Å². The Labute approximate surface area is 136 Å². The fourth-order valence-corrected chi connectivity index (χ4v) is 3.60. The maximum atomic E-state index is 5.74. The Hall–Kier alpha value is -1.76. The summed E-state index contributed by atoms with van der Waals surface area (Å²) in [6.45, 7) is 4.72. The molecule has 0 aliphatic carbocycles. The SMILES string of the molecule is c1cncc(-c2cnc(C3COCCN3C3CCNCC3)[nH]2)c1. The van der Waals surface area contributed by atoms with Gasteiger partial charge in [-0.25, -0.2) is 4.98 Å². The van der Waals surface area contributed by atoms with E-state index in [1.54, 1.807) is 6.20 Å². The maximum absolute atomic E-state index is 5.74. The highest BCUT2D eigenvalue weighted by molar-refractivity contribution is 5.56. The fraction of sp³-hybridized carbons (Fsp3) is 0.529. The molecule has 0 bridgehead atoms. The first-order valence-electron chi connectivity index (χ1n) is 8.41. The van der Waals surface area contributed by atoms with Gasteiger partial charge in [0, 0.05) is 30.5 Å². The van der Waals surface area contributed by atoms with Crippen LogP contribution in [0.1, 0.15) is 24.7 Å². The fourth-order valence-electron chi connectivity index (χ4n) is 3.60. The van der Waals surface area contributed by atoms with Gasteiger partial charge >= 0.3 is 0 Å². The van der Waals surface area contributed by atoms with E-state index in [4.69, 9.17) is 4.74 Å². The second-order valence-electron chi connectivity index (χ2n) is 6.23. The number of H-pyrrole nitrogens is 1. The number of morpholine rings is 1. The molecule has 4 rings (SSSR count). The minimum atomic E-state index is 0.220. The normalized spacial score (nSPS) is 23.9. The van der Waals surface area contributed by atoms with Crippen LogP contribution in [-0.4, -0.2) is 58.7 Å². The third kappa shape index (κ3) is 3.15. The first-order chi connectivity index (χ1) is 11.4. The van der Waals surface area contributed by atoms with Crippen LogP contribution in [0.2, 0.25) is 0 Å². The van der Waals surface area contributed by atoms with Gasteiger partial charge in [-0.2, -0.15) is 0 Å². The Balaban J connectivity index is 1.56. The summed E-state index contributed by atoms with van der Waals surface area (Å²) in [6.07, 6.45) is 7.95. The van der Waals surface area contributed by atoms with Crippen LogP contribution >= 0.6 is 0 Å². The standard InChI is InChI=1S/C17H23N5O/c1-2-13(10-19-5-1)15-11-20-17(21-15)16-12-23-9-8-22(16)14-3-6-18-7-4-14/h1-2,5,10-11,14,16,18H,3-4,6-9,12H2,(H,20,21). The van der Waals surface area contributed by atoms with E-state index in [1.165, 1.54) is 12.8 Å². The van der Waals surface area contributed by atoms with Gasteiger partial charge in [-0.3, -0.25) is 9.88 Å². The van der Waals surface area contributed by atoms with Crippen LogP contribution in [0, 0.1) is 0 Å². The number of hydrogen-bond acceptors (Lipinski definition) is 5.